The molecular formula is C19H20N4O2. The molecule has 1 aromatic carbocycles. The zero-order valence-electron chi connectivity index (χ0n) is 13.9. The van der Waals surface area contributed by atoms with Crippen molar-refractivity contribution in [3.8, 4) is 0 Å². The molecule has 0 unspecified atom stereocenters. The van der Waals surface area contributed by atoms with E-state index in [1.54, 1.807) is 12.1 Å². The molecule has 0 bridgehead atoms. The van der Waals surface area contributed by atoms with Gasteiger partial charge in [0, 0.05) is 32.4 Å². The molecule has 0 atom stereocenters. The first-order chi connectivity index (χ1) is 12.3. The minimum Gasteiger partial charge on any atom is -0.459 e. The summed E-state index contributed by atoms with van der Waals surface area (Å²) in [5.41, 5.74) is 2.33. The highest BCUT2D eigenvalue weighted by molar-refractivity contribution is 5.91. The molecule has 6 nitrogen and oxygen atoms in total. The number of furan rings is 1. The van der Waals surface area contributed by atoms with E-state index >= 15 is 0 Å². The summed E-state index contributed by atoms with van der Waals surface area (Å²) in [4.78, 5) is 16.4. The Bertz CT molecular complexity index is 818. The summed E-state index contributed by atoms with van der Waals surface area (Å²) in [7, 11) is 0. The molecule has 1 aliphatic heterocycles. The van der Waals surface area contributed by atoms with Crippen molar-refractivity contribution in [2.24, 2.45) is 0 Å². The van der Waals surface area contributed by atoms with Crippen LogP contribution in [-0.2, 0) is 6.54 Å². The summed E-state index contributed by atoms with van der Waals surface area (Å²) in [6.07, 6.45) is 5.49. The average Bonchev–Trinajstić information content (AvgIpc) is 3.34. The van der Waals surface area contributed by atoms with Crippen molar-refractivity contribution in [2.45, 2.75) is 6.54 Å². The number of anilines is 1. The molecule has 3 aromatic rings. The first kappa shape index (κ1) is 15.5. The maximum Gasteiger partial charge on any atom is 0.289 e. The van der Waals surface area contributed by atoms with Crippen molar-refractivity contribution in [1.29, 1.82) is 0 Å². The van der Waals surface area contributed by atoms with E-state index in [4.69, 9.17) is 4.42 Å². The number of hydrogen-bond acceptors (Lipinski definition) is 4. The quantitative estimate of drug-likeness (QED) is 0.734. The normalized spacial score (nSPS) is 14.7. The van der Waals surface area contributed by atoms with Crippen LogP contribution in [0.1, 0.15) is 16.1 Å². The van der Waals surface area contributed by atoms with E-state index in [0.29, 0.717) is 18.8 Å². The fourth-order valence-corrected chi connectivity index (χ4v) is 3.10. The van der Waals surface area contributed by atoms with Gasteiger partial charge in [0.05, 0.1) is 24.7 Å². The molecule has 1 fully saturated rings. The Morgan fingerprint density at radius 3 is 2.56 bits per heavy atom. The highest BCUT2D eigenvalue weighted by Gasteiger charge is 2.24. The van der Waals surface area contributed by atoms with E-state index in [1.807, 2.05) is 34.0 Å². The lowest BCUT2D eigenvalue weighted by molar-refractivity contribution is 0.0714. The molecule has 0 spiro atoms. The van der Waals surface area contributed by atoms with Gasteiger partial charge in [0.15, 0.2) is 5.76 Å². The van der Waals surface area contributed by atoms with Crippen molar-refractivity contribution in [3.63, 3.8) is 0 Å². The Labute approximate surface area is 146 Å². The smallest absolute Gasteiger partial charge is 0.289 e. The first-order valence-electron chi connectivity index (χ1n) is 8.44. The van der Waals surface area contributed by atoms with Crippen LogP contribution in [0.2, 0.25) is 0 Å². The molecule has 1 aliphatic rings. The standard InChI is InChI=1S/C19H20N4O2/c24-19(18-7-4-12-25-18)22-10-8-21(9-11-22)17-13-20-23(15-17)14-16-5-2-1-3-6-16/h1-7,12-13,15H,8-11,14H2. The third kappa shape index (κ3) is 3.42. The first-order valence-corrected chi connectivity index (χ1v) is 8.44. The maximum atomic E-state index is 12.3. The number of hydrogen-bond donors (Lipinski definition) is 0. The number of benzene rings is 1. The van der Waals surface area contributed by atoms with Crippen LogP contribution in [0.3, 0.4) is 0 Å². The zero-order valence-corrected chi connectivity index (χ0v) is 13.9. The number of aromatic nitrogens is 2. The van der Waals surface area contributed by atoms with E-state index in [1.165, 1.54) is 11.8 Å². The predicted molar refractivity (Wildman–Crippen MR) is 94.6 cm³/mol. The number of carbonyl (C=O) groups excluding carboxylic acids is 1. The van der Waals surface area contributed by atoms with Gasteiger partial charge in [-0.05, 0) is 17.7 Å². The largest absolute Gasteiger partial charge is 0.459 e. The second-order valence-electron chi connectivity index (χ2n) is 6.14. The van der Waals surface area contributed by atoms with Gasteiger partial charge in [-0.3, -0.25) is 9.48 Å². The summed E-state index contributed by atoms with van der Waals surface area (Å²) in [5.74, 6) is 0.369. The molecule has 128 valence electrons. The fraction of sp³-hybridized carbons (Fsp3) is 0.263. The van der Waals surface area contributed by atoms with Gasteiger partial charge in [-0.1, -0.05) is 30.3 Å². The summed E-state index contributed by atoms with van der Waals surface area (Å²) < 4.78 is 7.15. The monoisotopic (exact) mass is 336 g/mol. The van der Waals surface area contributed by atoms with Crippen molar-refractivity contribution < 1.29 is 9.21 Å². The molecule has 3 heterocycles. The zero-order chi connectivity index (χ0) is 17.1. The number of rotatable bonds is 4. The van der Waals surface area contributed by atoms with Gasteiger partial charge in [0.1, 0.15) is 0 Å². The van der Waals surface area contributed by atoms with Crippen molar-refractivity contribution >= 4 is 11.6 Å². The molecule has 6 heteroatoms. The van der Waals surface area contributed by atoms with E-state index in [9.17, 15) is 4.79 Å². The number of amides is 1. The Morgan fingerprint density at radius 1 is 1.04 bits per heavy atom. The highest BCUT2D eigenvalue weighted by atomic mass is 16.3. The Hall–Kier alpha value is -3.02. The van der Waals surface area contributed by atoms with Gasteiger partial charge in [0.2, 0.25) is 0 Å². The van der Waals surface area contributed by atoms with Gasteiger partial charge in [-0.2, -0.15) is 5.10 Å². The molecule has 2 aromatic heterocycles. The lowest BCUT2D eigenvalue weighted by Gasteiger charge is -2.34. The molecule has 1 saturated heterocycles. The number of carbonyl (C=O) groups is 1. The third-order valence-corrected chi connectivity index (χ3v) is 4.47. The molecule has 0 saturated carbocycles. The average molecular weight is 336 g/mol. The maximum absolute atomic E-state index is 12.3. The molecule has 0 radical (unpaired) electrons. The molecule has 4 rings (SSSR count). The van der Waals surface area contributed by atoms with Crippen LogP contribution in [0.25, 0.3) is 0 Å². The summed E-state index contributed by atoms with van der Waals surface area (Å²) in [6, 6.07) is 13.7. The minimum atomic E-state index is -0.0376. The summed E-state index contributed by atoms with van der Waals surface area (Å²) >= 11 is 0. The minimum absolute atomic E-state index is 0.0376. The Balaban J connectivity index is 1.36. The summed E-state index contributed by atoms with van der Waals surface area (Å²) in [5, 5.41) is 4.46. The molecular weight excluding hydrogens is 316 g/mol. The second kappa shape index (κ2) is 6.84. The van der Waals surface area contributed by atoms with Gasteiger partial charge in [-0.25, -0.2) is 0 Å². The Kier molecular flexibility index (Phi) is 4.24. The van der Waals surface area contributed by atoms with Gasteiger partial charge in [-0.15, -0.1) is 0 Å². The topological polar surface area (TPSA) is 54.5 Å². The second-order valence-corrected chi connectivity index (χ2v) is 6.14. The van der Waals surface area contributed by atoms with Crippen LogP contribution in [0.4, 0.5) is 5.69 Å². The van der Waals surface area contributed by atoms with Crippen LogP contribution in [0.5, 0.6) is 0 Å². The van der Waals surface area contributed by atoms with Crippen LogP contribution in [-0.4, -0.2) is 46.8 Å². The lowest BCUT2D eigenvalue weighted by atomic mass is 10.2. The Morgan fingerprint density at radius 2 is 1.84 bits per heavy atom. The summed E-state index contributed by atoms with van der Waals surface area (Å²) in [6.45, 7) is 3.72. The van der Waals surface area contributed by atoms with E-state index in [-0.39, 0.29) is 5.91 Å². The predicted octanol–water partition coefficient (Wildman–Crippen LogP) is 2.49. The molecule has 25 heavy (non-hydrogen) atoms. The van der Waals surface area contributed by atoms with Crippen LogP contribution < -0.4 is 4.90 Å². The highest BCUT2D eigenvalue weighted by Crippen LogP contribution is 2.17. The van der Waals surface area contributed by atoms with Crippen LogP contribution in [0, 0.1) is 0 Å². The SMILES string of the molecule is O=C(c1ccco1)N1CCN(c2cnn(Cc3ccccc3)c2)CC1. The van der Waals surface area contributed by atoms with Gasteiger partial charge in [0.25, 0.3) is 5.91 Å². The molecule has 0 aliphatic carbocycles. The van der Waals surface area contributed by atoms with Gasteiger partial charge < -0.3 is 14.2 Å². The lowest BCUT2D eigenvalue weighted by Crippen LogP contribution is -2.48. The fourth-order valence-electron chi connectivity index (χ4n) is 3.10. The molecule has 1 amide bonds. The van der Waals surface area contributed by atoms with Gasteiger partial charge >= 0.3 is 0 Å². The van der Waals surface area contributed by atoms with Crippen LogP contribution in [0.15, 0.2) is 65.5 Å². The van der Waals surface area contributed by atoms with E-state index < -0.39 is 0 Å². The van der Waals surface area contributed by atoms with Crippen molar-refractivity contribution in [1.82, 2.24) is 14.7 Å². The van der Waals surface area contributed by atoms with Crippen molar-refractivity contribution in [2.75, 3.05) is 31.1 Å². The number of nitrogens with zero attached hydrogens (tertiary/aromatic N) is 4. The number of piperazine rings is 1. The van der Waals surface area contributed by atoms with E-state index in [0.717, 1.165) is 25.3 Å². The van der Waals surface area contributed by atoms with Crippen LogP contribution >= 0.6 is 0 Å². The third-order valence-electron chi connectivity index (χ3n) is 4.47. The molecule has 0 N–H and O–H groups in total. The van der Waals surface area contributed by atoms with Crippen molar-refractivity contribution in [3.05, 3.63) is 72.4 Å². The van der Waals surface area contributed by atoms with E-state index in [2.05, 4.69) is 28.3 Å².